The molecule has 5 rings (SSSR count). The number of aromatic nitrogens is 1. The molecule has 0 bridgehead atoms. The third kappa shape index (κ3) is 3.54. The summed E-state index contributed by atoms with van der Waals surface area (Å²) in [4.78, 5) is 19.7. The zero-order chi connectivity index (χ0) is 20.5. The first kappa shape index (κ1) is 18.7. The lowest BCUT2D eigenvalue weighted by Gasteiger charge is -2.26. The molecule has 3 aromatic rings. The quantitative estimate of drug-likeness (QED) is 0.648. The number of fused-ring (bicyclic) bond motifs is 1. The van der Waals surface area contributed by atoms with Gasteiger partial charge in [0.25, 0.3) is 0 Å². The highest BCUT2D eigenvalue weighted by molar-refractivity contribution is 5.79. The highest BCUT2D eigenvalue weighted by atomic mass is 16.6. The second-order valence-corrected chi connectivity index (χ2v) is 7.71. The van der Waals surface area contributed by atoms with Crippen LogP contribution in [0.1, 0.15) is 35.9 Å². The van der Waals surface area contributed by atoms with Crippen LogP contribution in [0, 0.1) is 6.92 Å². The Balaban J connectivity index is 1.34. The number of amides is 1. The summed E-state index contributed by atoms with van der Waals surface area (Å²) in [5.74, 6) is 2.85. The van der Waals surface area contributed by atoms with Crippen LogP contribution < -0.4 is 9.47 Å². The SMILES string of the molecule is Cc1oc(-c2ccccc2)nc1CC(=O)N1CCC[C@@H]1c1ccc2c(c1)OCCO2. The number of likely N-dealkylation sites (tertiary alicyclic amines) is 1. The molecule has 1 saturated heterocycles. The normalized spacial score (nSPS) is 17.9. The molecule has 1 aromatic heterocycles. The first-order valence-electron chi connectivity index (χ1n) is 10.4. The number of ether oxygens (including phenoxy) is 2. The van der Waals surface area contributed by atoms with E-state index in [9.17, 15) is 4.79 Å². The van der Waals surface area contributed by atoms with Gasteiger partial charge in [0.15, 0.2) is 11.5 Å². The van der Waals surface area contributed by atoms with Crippen molar-refractivity contribution >= 4 is 5.91 Å². The van der Waals surface area contributed by atoms with Gasteiger partial charge in [-0.25, -0.2) is 4.98 Å². The molecule has 30 heavy (non-hydrogen) atoms. The Hall–Kier alpha value is -3.28. The summed E-state index contributed by atoms with van der Waals surface area (Å²) in [6, 6.07) is 15.8. The second kappa shape index (κ2) is 7.86. The average molecular weight is 404 g/mol. The standard InChI is InChI=1S/C24H24N2O4/c1-16-19(25-24(30-16)17-6-3-2-4-7-17)15-23(27)26-11-5-8-20(26)18-9-10-21-22(14-18)29-13-12-28-21/h2-4,6-7,9-10,14,20H,5,8,11-13,15H2,1H3/t20-/m1/s1. The molecule has 0 radical (unpaired) electrons. The number of hydrogen-bond donors (Lipinski definition) is 0. The van der Waals surface area contributed by atoms with E-state index >= 15 is 0 Å². The van der Waals surface area contributed by atoms with Crippen molar-refractivity contribution in [1.29, 1.82) is 0 Å². The Morgan fingerprint density at radius 1 is 1.10 bits per heavy atom. The fraction of sp³-hybridized carbons (Fsp3) is 0.333. The smallest absolute Gasteiger partial charge is 0.229 e. The van der Waals surface area contributed by atoms with Crippen molar-refractivity contribution in [3.63, 3.8) is 0 Å². The van der Waals surface area contributed by atoms with Crippen molar-refractivity contribution in [1.82, 2.24) is 9.88 Å². The summed E-state index contributed by atoms with van der Waals surface area (Å²) in [6.07, 6.45) is 2.17. The van der Waals surface area contributed by atoms with Crippen molar-refractivity contribution in [2.75, 3.05) is 19.8 Å². The summed E-state index contributed by atoms with van der Waals surface area (Å²) in [7, 11) is 0. The third-order valence-electron chi connectivity index (χ3n) is 5.76. The van der Waals surface area contributed by atoms with E-state index in [1.807, 2.05) is 60.4 Å². The third-order valence-corrected chi connectivity index (χ3v) is 5.76. The number of aryl methyl sites for hydroxylation is 1. The maximum atomic E-state index is 13.2. The van der Waals surface area contributed by atoms with Gasteiger partial charge in [-0.15, -0.1) is 0 Å². The van der Waals surface area contributed by atoms with E-state index in [0.717, 1.165) is 42.0 Å². The number of benzene rings is 2. The van der Waals surface area contributed by atoms with Crippen molar-refractivity contribution in [3.05, 3.63) is 65.5 Å². The molecule has 6 nitrogen and oxygen atoms in total. The van der Waals surface area contributed by atoms with Crippen molar-refractivity contribution in [2.45, 2.75) is 32.2 Å². The molecule has 0 unspecified atom stereocenters. The molecule has 1 atom stereocenters. The molecule has 1 amide bonds. The number of carbonyl (C=O) groups is 1. The lowest BCUT2D eigenvalue weighted by molar-refractivity contribution is -0.131. The van der Waals surface area contributed by atoms with Gasteiger partial charge < -0.3 is 18.8 Å². The molecule has 6 heteroatoms. The maximum absolute atomic E-state index is 13.2. The predicted octanol–water partition coefficient (Wildman–Crippen LogP) is 4.33. The number of rotatable bonds is 4. The Kier molecular flexibility index (Phi) is 4.91. The summed E-state index contributed by atoms with van der Waals surface area (Å²) in [6.45, 7) is 3.74. The van der Waals surface area contributed by atoms with E-state index in [2.05, 4.69) is 4.98 Å². The minimum absolute atomic E-state index is 0.0501. The first-order valence-corrected chi connectivity index (χ1v) is 10.4. The minimum Gasteiger partial charge on any atom is -0.486 e. The minimum atomic E-state index is 0.0501. The van der Waals surface area contributed by atoms with Crippen LogP contribution in [0.25, 0.3) is 11.5 Å². The van der Waals surface area contributed by atoms with Gasteiger partial charge in [0.1, 0.15) is 19.0 Å². The molecule has 2 aliphatic heterocycles. The van der Waals surface area contributed by atoms with Gasteiger partial charge in [-0.05, 0) is 49.6 Å². The molecule has 1 fully saturated rings. The fourth-order valence-corrected chi connectivity index (χ4v) is 4.22. The van der Waals surface area contributed by atoms with Gasteiger partial charge in [-0.1, -0.05) is 24.3 Å². The van der Waals surface area contributed by atoms with E-state index < -0.39 is 0 Å². The van der Waals surface area contributed by atoms with E-state index in [-0.39, 0.29) is 18.4 Å². The van der Waals surface area contributed by atoms with Crippen LogP contribution >= 0.6 is 0 Å². The van der Waals surface area contributed by atoms with Gasteiger partial charge in [-0.3, -0.25) is 4.79 Å². The van der Waals surface area contributed by atoms with Gasteiger partial charge in [0, 0.05) is 12.1 Å². The van der Waals surface area contributed by atoms with Gasteiger partial charge in [-0.2, -0.15) is 0 Å². The largest absolute Gasteiger partial charge is 0.486 e. The number of oxazole rings is 1. The first-order chi connectivity index (χ1) is 14.7. The van der Waals surface area contributed by atoms with Crippen molar-refractivity contribution < 1.29 is 18.7 Å². The Bertz CT molecular complexity index is 1060. The monoisotopic (exact) mass is 404 g/mol. The van der Waals surface area contributed by atoms with Gasteiger partial charge >= 0.3 is 0 Å². The zero-order valence-electron chi connectivity index (χ0n) is 17.0. The van der Waals surface area contributed by atoms with Crippen LogP contribution in [0.15, 0.2) is 52.9 Å². The molecule has 0 saturated carbocycles. The van der Waals surface area contributed by atoms with E-state index in [4.69, 9.17) is 13.9 Å². The zero-order valence-corrected chi connectivity index (χ0v) is 17.0. The lowest BCUT2D eigenvalue weighted by atomic mass is 10.0. The summed E-state index contributed by atoms with van der Waals surface area (Å²) in [5.41, 5.74) is 2.70. The molecule has 154 valence electrons. The van der Waals surface area contributed by atoms with E-state index in [1.165, 1.54) is 0 Å². The van der Waals surface area contributed by atoms with Crippen LogP contribution in [-0.4, -0.2) is 35.5 Å². The maximum Gasteiger partial charge on any atom is 0.229 e. The number of hydrogen-bond acceptors (Lipinski definition) is 5. The predicted molar refractivity (Wildman–Crippen MR) is 112 cm³/mol. The molecule has 3 heterocycles. The number of nitrogens with zero attached hydrogens (tertiary/aromatic N) is 2. The molecule has 0 aliphatic carbocycles. The molecule has 0 spiro atoms. The molecular weight excluding hydrogens is 380 g/mol. The Labute approximate surface area is 175 Å². The molecule has 2 aromatic carbocycles. The molecule has 2 aliphatic rings. The summed E-state index contributed by atoms with van der Waals surface area (Å²) >= 11 is 0. The van der Waals surface area contributed by atoms with E-state index in [1.54, 1.807) is 0 Å². The number of carbonyl (C=O) groups excluding carboxylic acids is 1. The Morgan fingerprint density at radius 3 is 2.73 bits per heavy atom. The van der Waals surface area contributed by atoms with Crippen LogP contribution in [0.2, 0.25) is 0 Å². The highest BCUT2D eigenvalue weighted by Gasteiger charge is 2.31. The average Bonchev–Trinajstić information content (AvgIpc) is 3.41. The second-order valence-electron chi connectivity index (χ2n) is 7.71. The fourth-order valence-electron chi connectivity index (χ4n) is 4.22. The van der Waals surface area contributed by atoms with Crippen molar-refractivity contribution in [2.24, 2.45) is 0 Å². The van der Waals surface area contributed by atoms with Crippen LogP contribution in [0.4, 0.5) is 0 Å². The molecular formula is C24H24N2O4. The van der Waals surface area contributed by atoms with Crippen LogP contribution in [-0.2, 0) is 11.2 Å². The van der Waals surface area contributed by atoms with E-state index in [0.29, 0.717) is 30.6 Å². The van der Waals surface area contributed by atoms with Crippen LogP contribution in [0.3, 0.4) is 0 Å². The topological polar surface area (TPSA) is 64.8 Å². The van der Waals surface area contributed by atoms with Crippen molar-refractivity contribution in [3.8, 4) is 23.0 Å². The van der Waals surface area contributed by atoms with Crippen LogP contribution in [0.5, 0.6) is 11.5 Å². The molecule has 0 N–H and O–H groups in total. The summed E-state index contributed by atoms with van der Waals surface area (Å²) < 4.78 is 17.2. The highest BCUT2D eigenvalue weighted by Crippen LogP contribution is 2.38. The summed E-state index contributed by atoms with van der Waals surface area (Å²) in [5, 5.41) is 0. The van der Waals surface area contributed by atoms with Gasteiger partial charge in [0.2, 0.25) is 11.8 Å². The lowest BCUT2D eigenvalue weighted by Crippen LogP contribution is -2.32. The van der Waals surface area contributed by atoms with Gasteiger partial charge in [0.05, 0.1) is 18.2 Å². The Morgan fingerprint density at radius 2 is 1.90 bits per heavy atom.